The highest BCUT2D eigenvalue weighted by Gasteiger charge is 2.10. The number of nitrogens with zero attached hydrogens (tertiary/aromatic N) is 1. The maximum absolute atomic E-state index is 12.2. The van der Waals surface area contributed by atoms with Crippen LogP contribution < -0.4 is 10.6 Å². The van der Waals surface area contributed by atoms with Gasteiger partial charge >= 0.3 is 0 Å². The predicted molar refractivity (Wildman–Crippen MR) is 80.6 cm³/mol. The zero-order valence-electron chi connectivity index (χ0n) is 10.7. The normalized spacial score (nSPS) is 10.1. The van der Waals surface area contributed by atoms with Crippen molar-refractivity contribution in [2.75, 3.05) is 17.7 Å². The highest BCUT2D eigenvalue weighted by molar-refractivity contribution is 9.10. The maximum Gasteiger partial charge on any atom is 0.257 e. The first-order valence-corrected chi connectivity index (χ1v) is 6.61. The maximum atomic E-state index is 12.2. The van der Waals surface area contributed by atoms with Crippen molar-refractivity contribution < 1.29 is 4.79 Å². The minimum atomic E-state index is -0.159. The van der Waals surface area contributed by atoms with Gasteiger partial charge in [-0.1, -0.05) is 12.1 Å². The van der Waals surface area contributed by atoms with Crippen LogP contribution in [0, 0.1) is 6.92 Å². The molecule has 0 aliphatic heterocycles. The Morgan fingerprint density at radius 3 is 2.74 bits per heavy atom. The number of benzene rings is 1. The van der Waals surface area contributed by atoms with Gasteiger partial charge in [0.25, 0.3) is 5.91 Å². The summed E-state index contributed by atoms with van der Waals surface area (Å²) in [5, 5.41) is 5.84. The Bertz CT molecular complexity index is 613. The average molecular weight is 320 g/mol. The summed E-state index contributed by atoms with van der Waals surface area (Å²) in [6, 6.07) is 9.23. The number of hydrogen-bond donors (Lipinski definition) is 2. The van der Waals surface area contributed by atoms with Crippen LogP contribution >= 0.6 is 15.9 Å². The van der Waals surface area contributed by atoms with E-state index in [0.717, 1.165) is 15.9 Å². The fourth-order valence-electron chi connectivity index (χ4n) is 1.72. The Labute approximate surface area is 120 Å². The van der Waals surface area contributed by atoms with Crippen molar-refractivity contribution in [3.63, 3.8) is 0 Å². The van der Waals surface area contributed by atoms with E-state index in [-0.39, 0.29) is 5.91 Å². The van der Waals surface area contributed by atoms with Gasteiger partial charge in [0.15, 0.2) is 0 Å². The van der Waals surface area contributed by atoms with Crippen molar-refractivity contribution >= 4 is 33.2 Å². The second-order valence-electron chi connectivity index (χ2n) is 4.08. The number of hydrogen-bond acceptors (Lipinski definition) is 3. The van der Waals surface area contributed by atoms with E-state index in [0.29, 0.717) is 11.3 Å². The van der Waals surface area contributed by atoms with Crippen molar-refractivity contribution in [1.29, 1.82) is 0 Å². The van der Waals surface area contributed by atoms with Crippen molar-refractivity contribution in [3.05, 3.63) is 52.3 Å². The molecule has 1 amide bonds. The molecule has 1 aromatic carbocycles. The predicted octanol–water partition coefficient (Wildman–Crippen LogP) is 3.45. The number of halogens is 1. The molecular formula is C14H14BrN3O. The Morgan fingerprint density at radius 2 is 2.05 bits per heavy atom. The number of pyridine rings is 1. The lowest BCUT2D eigenvalue weighted by Crippen LogP contribution is -2.14. The topological polar surface area (TPSA) is 54.0 Å². The lowest BCUT2D eigenvalue weighted by atomic mass is 10.1. The van der Waals surface area contributed by atoms with E-state index in [1.807, 2.05) is 31.2 Å². The molecule has 19 heavy (non-hydrogen) atoms. The molecule has 98 valence electrons. The number of nitrogens with one attached hydrogen (secondary N) is 2. The van der Waals surface area contributed by atoms with Crippen molar-refractivity contribution in [1.82, 2.24) is 4.98 Å². The lowest BCUT2D eigenvalue weighted by Gasteiger charge is -2.10. The van der Waals surface area contributed by atoms with Crippen molar-refractivity contribution in [3.8, 4) is 0 Å². The number of aromatic nitrogens is 1. The van der Waals surface area contributed by atoms with Crippen LogP contribution in [0.3, 0.4) is 0 Å². The van der Waals surface area contributed by atoms with E-state index in [1.165, 1.54) is 0 Å². The van der Waals surface area contributed by atoms with Gasteiger partial charge in [0.1, 0.15) is 4.60 Å². The number of amides is 1. The lowest BCUT2D eigenvalue weighted by molar-refractivity contribution is 0.102. The van der Waals surface area contributed by atoms with Crippen molar-refractivity contribution in [2.24, 2.45) is 0 Å². The molecule has 0 bridgehead atoms. The third kappa shape index (κ3) is 3.12. The minimum Gasteiger partial charge on any atom is -0.387 e. The molecule has 0 aliphatic rings. The highest BCUT2D eigenvalue weighted by atomic mass is 79.9. The van der Waals surface area contributed by atoms with E-state index in [4.69, 9.17) is 0 Å². The molecule has 0 unspecified atom stereocenters. The number of carbonyl (C=O) groups excluding carboxylic acids is 1. The van der Waals surface area contributed by atoms with Gasteiger partial charge in [-0.2, -0.15) is 0 Å². The van der Waals surface area contributed by atoms with E-state index in [9.17, 15) is 4.79 Å². The Balaban J connectivity index is 2.23. The Hall–Kier alpha value is -1.88. The molecule has 0 fully saturated rings. The first kappa shape index (κ1) is 13.5. The highest BCUT2D eigenvalue weighted by Crippen LogP contribution is 2.19. The number of carbonyl (C=O) groups is 1. The Kier molecular flexibility index (Phi) is 4.16. The summed E-state index contributed by atoms with van der Waals surface area (Å²) in [7, 11) is 1.79. The van der Waals surface area contributed by atoms with Crippen molar-refractivity contribution in [2.45, 2.75) is 6.92 Å². The molecule has 2 N–H and O–H groups in total. The van der Waals surface area contributed by atoms with Gasteiger partial charge in [0.2, 0.25) is 0 Å². The molecule has 0 saturated carbocycles. The molecule has 1 heterocycles. The number of anilines is 2. The minimum absolute atomic E-state index is 0.159. The molecule has 4 nitrogen and oxygen atoms in total. The monoisotopic (exact) mass is 319 g/mol. The van der Waals surface area contributed by atoms with Crippen LogP contribution in [0.1, 0.15) is 15.9 Å². The first-order chi connectivity index (χ1) is 9.11. The van der Waals surface area contributed by atoms with Crippen LogP contribution in [-0.2, 0) is 0 Å². The molecule has 2 rings (SSSR count). The molecule has 1 aromatic heterocycles. The van der Waals surface area contributed by atoms with Crippen LogP contribution in [0.4, 0.5) is 11.4 Å². The summed E-state index contributed by atoms with van der Waals surface area (Å²) in [5.41, 5.74) is 3.05. The van der Waals surface area contributed by atoms with Gasteiger partial charge in [0, 0.05) is 12.7 Å². The summed E-state index contributed by atoms with van der Waals surface area (Å²) in [4.78, 5) is 16.4. The quantitative estimate of drug-likeness (QED) is 0.852. The smallest absolute Gasteiger partial charge is 0.257 e. The molecule has 0 atom stereocenters. The zero-order chi connectivity index (χ0) is 13.8. The summed E-state index contributed by atoms with van der Waals surface area (Å²) in [5.74, 6) is -0.159. The molecule has 2 aromatic rings. The molecular weight excluding hydrogens is 306 g/mol. The SMILES string of the molecule is CNc1ccccc1C(=O)Nc1cnc(Br)c(C)c1. The second-order valence-corrected chi connectivity index (χ2v) is 4.83. The summed E-state index contributed by atoms with van der Waals surface area (Å²) >= 11 is 3.33. The third-order valence-electron chi connectivity index (χ3n) is 2.71. The molecule has 0 radical (unpaired) electrons. The number of para-hydroxylation sites is 1. The van der Waals surface area contributed by atoms with Gasteiger partial charge in [-0.15, -0.1) is 0 Å². The summed E-state index contributed by atoms with van der Waals surface area (Å²) < 4.78 is 0.779. The first-order valence-electron chi connectivity index (χ1n) is 5.82. The van der Waals surface area contributed by atoms with Gasteiger partial charge in [-0.3, -0.25) is 4.79 Å². The fraction of sp³-hybridized carbons (Fsp3) is 0.143. The molecule has 0 spiro atoms. The number of aryl methyl sites for hydroxylation is 1. The zero-order valence-corrected chi connectivity index (χ0v) is 12.3. The number of rotatable bonds is 3. The largest absolute Gasteiger partial charge is 0.387 e. The Morgan fingerprint density at radius 1 is 1.32 bits per heavy atom. The van der Waals surface area contributed by atoms with Gasteiger partial charge < -0.3 is 10.6 Å². The molecule has 0 saturated heterocycles. The van der Waals surface area contributed by atoms with Crippen LogP contribution in [0.2, 0.25) is 0 Å². The fourth-order valence-corrected chi connectivity index (χ4v) is 1.94. The standard InChI is InChI=1S/C14H14BrN3O/c1-9-7-10(8-17-13(9)15)18-14(19)11-5-3-4-6-12(11)16-2/h3-8,16H,1-2H3,(H,18,19). The second kappa shape index (κ2) is 5.84. The van der Waals surface area contributed by atoms with E-state index in [1.54, 1.807) is 19.3 Å². The van der Waals surface area contributed by atoms with Crippen LogP contribution in [-0.4, -0.2) is 17.9 Å². The van der Waals surface area contributed by atoms with E-state index in [2.05, 4.69) is 31.5 Å². The van der Waals surface area contributed by atoms with Crippen LogP contribution in [0.25, 0.3) is 0 Å². The third-order valence-corrected chi connectivity index (χ3v) is 3.54. The summed E-state index contributed by atoms with van der Waals surface area (Å²) in [6.45, 7) is 1.92. The van der Waals surface area contributed by atoms with Gasteiger partial charge in [-0.25, -0.2) is 4.98 Å². The van der Waals surface area contributed by atoms with Gasteiger partial charge in [0.05, 0.1) is 17.4 Å². The van der Waals surface area contributed by atoms with E-state index >= 15 is 0 Å². The van der Waals surface area contributed by atoms with Crippen LogP contribution in [0.15, 0.2) is 41.1 Å². The van der Waals surface area contributed by atoms with Crippen LogP contribution in [0.5, 0.6) is 0 Å². The molecule has 5 heteroatoms. The average Bonchev–Trinajstić information content (AvgIpc) is 2.43. The van der Waals surface area contributed by atoms with E-state index < -0.39 is 0 Å². The summed E-state index contributed by atoms with van der Waals surface area (Å²) in [6.07, 6.45) is 1.62. The molecule has 0 aliphatic carbocycles. The van der Waals surface area contributed by atoms with Gasteiger partial charge in [-0.05, 0) is 46.6 Å².